The summed E-state index contributed by atoms with van der Waals surface area (Å²) in [5.41, 5.74) is 0.614. The second-order valence-corrected chi connectivity index (χ2v) is 9.59. The molecule has 0 spiro atoms. The van der Waals surface area contributed by atoms with Gasteiger partial charge in [0.15, 0.2) is 0 Å². The second-order valence-electron chi connectivity index (χ2n) is 8.65. The highest BCUT2D eigenvalue weighted by Crippen LogP contribution is 2.28. The summed E-state index contributed by atoms with van der Waals surface area (Å²) >= 11 is 1.60. The molecule has 2 aromatic heterocycles. The molecule has 8 heteroatoms. The monoisotopic (exact) mass is 521 g/mol. The van der Waals surface area contributed by atoms with E-state index in [1.54, 1.807) is 56.6 Å². The predicted octanol–water partition coefficient (Wildman–Crippen LogP) is 6.28. The van der Waals surface area contributed by atoms with E-state index in [0.29, 0.717) is 36.8 Å². The molecule has 0 aliphatic heterocycles. The normalized spacial score (nSPS) is 12.5. The molecule has 0 aliphatic rings. The molecule has 7 nitrogen and oxygen atoms in total. The Morgan fingerprint density at radius 1 is 1.03 bits per heavy atom. The fourth-order valence-corrected chi connectivity index (χ4v) is 4.51. The van der Waals surface area contributed by atoms with Gasteiger partial charge < -0.3 is 23.4 Å². The number of hydrogen-bond donors (Lipinski definition) is 0. The lowest BCUT2D eigenvalue weighted by Gasteiger charge is -2.28. The molecule has 0 saturated heterocycles. The van der Waals surface area contributed by atoms with E-state index in [1.807, 2.05) is 48.7 Å². The minimum absolute atomic E-state index is 0.271. The summed E-state index contributed by atoms with van der Waals surface area (Å²) < 4.78 is 28.4. The van der Waals surface area contributed by atoms with E-state index in [-0.39, 0.29) is 6.61 Å². The maximum absolute atomic E-state index is 12.8. The van der Waals surface area contributed by atoms with Gasteiger partial charge in [-0.25, -0.2) is 9.78 Å². The van der Waals surface area contributed by atoms with Crippen molar-refractivity contribution in [3.63, 3.8) is 0 Å². The molecular weight excluding hydrogens is 490 g/mol. The highest BCUT2D eigenvalue weighted by Gasteiger charge is 2.37. The van der Waals surface area contributed by atoms with Crippen molar-refractivity contribution >= 4 is 17.3 Å². The molecule has 0 bridgehead atoms. The van der Waals surface area contributed by atoms with Crippen LogP contribution in [0.5, 0.6) is 17.2 Å². The first-order chi connectivity index (χ1) is 17.9. The predicted molar refractivity (Wildman–Crippen MR) is 143 cm³/mol. The number of thiophene rings is 1. The van der Waals surface area contributed by atoms with Crippen LogP contribution in [0.2, 0.25) is 0 Å². The first kappa shape index (κ1) is 26.3. The molecule has 2 heterocycles. The van der Waals surface area contributed by atoms with Gasteiger partial charge in [-0.05, 0) is 74.2 Å². The Morgan fingerprint density at radius 3 is 2.38 bits per heavy atom. The Kier molecular flexibility index (Phi) is 8.50. The number of oxazole rings is 1. The van der Waals surface area contributed by atoms with Gasteiger partial charge in [0, 0.05) is 12.8 Å². The quantitative estimate of drug-likeness (QED) is 0.203. The topological polar surface area (TPSA) is 80.0 Å². The van der Waals surface area contributed by atoms with Gasteiger partial charge in [0.25, 0.3) is 0 Å². The third kappa shape index (κ3) is 6.71. The van der Waals surface area contributed by atoms with Gasteiger partial charge >= 0.3 is 5.97 Å². The molecule has 1 atom stereocenters. The number of esters is 1. The number of aromatic nitrogens is 1. The molecular formula is C29H31NO6S. The number of carbonyl (C=O) groups excluding carboxylic acids is 1. The van der Waals surface area contributed by atoms with Crippen molar-refractivity contribution in [2.24, 2.45) is 0 Å². The van der Waals surface area contributed by atoms with Gasteiger partial charge in [-0.1, -0.05) is 18.2 Å². The minimum atomic E-state index is -1.20. The van der Waals surface area contributed by atoms with Crippen LogP contribution in [0.3, 0.4) is 0 Å². The molecule has 0 fully saturated rings. The summed E-state index contributed by atoms with van der Waals surface area (Å²) in [6.45, 7) is 6.18. The van der Waals surface area contributed by atoms with E-state index >= 15 is 0 Å². The highest BCUT2D eigenvalue weighted by atomic mass is 32.1. The molecule has 37 heavy (non-hydrogen) atoms. The Hall–Kier alpha value is -3.78. The van der Waals surface area contributed by atoms with Gasteiger partial charge in [0.05, 0.1) is 30.9 Å². The molecule has 0 N–H and O–H groups in total. The van der Waals surface area contributed by atoms with Crippen LogP contribution in [-0.2, 0) is 22.4 Å². The average molecular weight is 522 g/mol. The lowest BCUT2D eigenvalue weighted by Crippen LogP contribution is -2.45. The summed E-state index contributed by atoms with van der Waals surface area (Å²) in [7, 11) is 1.60. The van der Waals surface area contributed by atoms with Gasteiger partial charge in [-0.15, -0.1) is 11.3 Å². The second kappa shape index (κ2) is 12.0. The summed E-state index contributed by atoms with van der Waals surface area (Å²) in [5.74, 6) is 3.03. The molecule has 4 rings (SSSR count). The van der Waals surface area contributed by atoms with Crippen LogP contribution in [0.4, 0.5) is 0 Å². The number of aryl methyl sites for hydroxylation is 1. The van der Waals surface area contributed by atoms with E-state index in [0.717, 1.165) is 27.6 Å². The Balaban J connectivity index is 1.37. The lowest BCUT2D eigenvalue weighted by atomic mass is 9.96. The molecule has 1 unspecified atom stereocenters. The lowest BCUT2D eigenvalue weighted by molar-refractivity contribution is -0.160. The Morgan fingerprint density at radius 2 is 1.73 bits per heavy atom. The van der Waals surface area contributed by atoms with Crippen LogP contribution < -0.4 is 14.2 Å². The van der Waals surface area contributed by atoms with Crippen molar-refractivity contribution in [1.29, 1.82) is 0 Å². The van der Waals surface area contributed by atoms with Gasteiger partial charge in [-0.3, -0.25) is 0 Å². The van der Waals surface area contributed by atoms with E-state index in [4.69, 9.17) is 23.4 Å². The molecule has 0 radical (unpaired) electrons. The molecule has 0 amide bonds. The minimum Gasteiger partial charge on any atom is -0.497 e. The van der Waals surface area contributed by atoms with Crippen molar-refractivity contribution in [1.82, 2.24) is 4.98 Å². The summed E-state index contributed by atoms with van der Waals surface area (Å²) in [6, 6.07) is 18.7. The van der Waals surface area contributed by atoms with Crippen molar-refractivity contribution in [2.45, 2.75) is 39.2 Å². The summed E-state index contributed by atoms with van der Waals surface area (Å²) in [6.07, 6.45) is 0.973. The molecule has 4 aromatic rings. The van der Waals surface area contributed by atoms with E-state index < -0.39 is 11.6 Å². The van der Waals surface area contributed by atoms with Crippen LogP contribution >= 0.6 is 11.3 Å². The number of benzene rings is 2. The van der Waals surface area contributed by atoms with Crippen molar-refractivity contribution in [3.8, 4) is 28.0 Å². The number of nitrogens with zero attached hydrogens (tertiary/aromatic N) is 1. The zero-order chi connectivity index (χ0) is 26.3. The Labute approximate surface area is 221 Å². The van der Waals surface area contributed by atoms with Crippen LogP contribution in [0.25, 0.3) is 10.8 Å². The molecule has 194 valence electrons. The van der Waals surface area contributed by atoms with Crippen LogP contribution in [-0.4, -0.2) is 36.9 Å². The van der Waals surface area contributed by atoms with Crippen LogP contribution in [0.1, 0.15) is 30.9 Å². The van der Waals surface area contributed by atoms with E-state index in [9.17, 15) is 4.79 Å². The zero-order valence-corrected chi connectivity index (χ0v) is 22.3. The first-order valence-corrected chi connectivity index (χ1v) is 13.0. The number of ether oxygens (including phenoxy) is 4. The molecule has 0 aliphatic carbocycles. The number of methoxy groups -OCH3 is 1. The largest absolute Gasteiger partial charge is 0.497 e. The fourth-order valence-electron chi connectivity index (χ4n) is 3.86. The number of hydrogen-bond acceptors (Lipinski definition) is 8. The van der Waals surface area contributed by atoms with Crippen LogP contribution in [0, 0.1) is 6.92 Å². The van der Waals surface area contributed by atoms with Gasteiger partial charge in [0.2, 0.25) is 11.5 Å². The smallest absolute Gasteiger partial charge is 0.350 e. The summed E-state index contributed by atoms with van der Waals surface area (Å²) in [5, 5.41) is 2.00. The molecule has 0 saturated carbocycles. The number of carbonyl (C=O) groups is 1. The maximum Gasteiger partial charge on any atom is 0.350 e. The van der Waals surface area contributed by atoms with Crippen molar-refractivity contribution in [3.05, 3.63) is 83.1 Å². The van der Waals surface area contributed by atoms with E-state index in [1.165, 1.54) is 0 Å². The van der Waals surface area contributed by atoms with Gasteiger partial charge in [-0.2, -0.15) is 0 Å². The maximum atomic E-state index is 12.8. The van der Waals surface area contributed by atoms with Gasteiger partial charge in [0.1, 0.15) is 23.0 Å². The standard InChI is InChI=1S/C29H31NO6S/c1-5-33-28(31)29(3,36-24-14-12-22(32-4)13-15-24)19-21-8-10-23(11-9-21)34-17-16-25-20(2)35-27(30-25)26-7-6-18-37-26/h6-15,18H,5,16-17,19H2,1-4H3. The third-order valence-electron chi connectivity index (χ3n) is 5.81. The van der Waals surface area contributed by atoms with Crippen molar-refractivity contribution < 1.29 is 28.2 Å². The SMILES string of the molecule is CCOC(=O)C(C)(Cc1ccc(OCCc2nc(-c3cccs3)oc2C)cc1)Oc1ccc(OC)cc1. The van der Waals surface area contributed by atoms with E-state index in [2.05, 4.69) is 4.98 Å². The van der Waals surface area contributed by atoms with Crippen molar-refractivity contribution in [2.75, 3.05) is 20.3 Å². The Bertz CT molecular complexity index is 1280. The summed E-state index contributed by atoms with van der Waals surface area (Å²) in [4.78, 5) is 18.5. The first-order valence-electron chi connectivity index (χ1n) is 12.1. The highest BCUT2D eigenvalue weighted by molar-refractivity contribution is 7.13. The van der Waals surface area contributed by atoms with Crippen LogP contribution in [0.15, 0.2) is 70.5 Å². The third-order valence-corrected chi connectivity index (χ3v) is 6.66. The zero-order valence-electron chi connectivity index (χ0n) is 21.5. The fraction of sp³-hybridized carbons (Fsp3) is 0.310. The number of rotatable bonds is 12. The average Bonchev–Trinajstić information content (AvgIpc) is 3.56. The molecule has 2 aromatic carbocycles.